The number of aryl methyl sites for hydroxylation is 3. The third-order valence-corrected chi connectivity index (χ3v) is 2.71. The molecular weight excluding hydrogens is 200 g/mol. The molecule has 16 heavy (non-hydrogen) atoms. The molecule has 0 radical (unpaired) electrons. The second kappa shape index (κ2) is 4.79. The zero-order valence-corrected chi connectivity index (χ0v) is 9.43. The number of rotatable bonds is 4. The minimum absolute atomic E-state index is 0.829. The molecule has 2 rings (SSSR count). The topological polar surface area (TPSA) is 56.7 Å². The number of hydrogen-bond donors (Lipinski definition) is 1. The SMILES string of the molecule is Cn1ccnc1CCCc1cnccc1N. The minimum Gasteiger partial charge on any atom is -0.398 e. The molecule has 2 N–H and O–H groups in total. The Morgan fingerprint density at radius 2 is 2.19 bits per heavy atom. The second-order valence-electron chi connectivity index (χ2n) is 3.88. The van der Waals surface area contributed by atoms with Crippen molar-refractivity contribution in [3.63, 3.8) is 0 Å². The molecule has 0 saturated carbocycles. The molecule has 0 atom stereocenters. The van der Waals surface area contributed by atoms with Gasteiger partial charge in [0.2, 0.25) is 0 Å². The lowest BCUT2D eigenvalue weighted by atomic mass is 10.1. The Balaban J connectivity index is 1.89. The quantitative estimate of drug-likeness (QED) is 0.844. The summed E-state index contributed by atoms with van der Waals surface area (Å²) < 4.78 is 2.05. The fraction of sp³-hybridized carbons (Fsp3) is 0.333. The lowest BCUT2D eigenvalue weighted by molar-refractivity contribution is 0.723. The fourth-order valence-corrected chi connectivity index (χ4v) is 1.72. The van der Waals surface area contributed by atoms with Crippen LogP contribution in [0.4, 0.5) is 5.69 Å². The molecule has 2 aromatic rings. The van der Waals surface area contributed by atoms with Crippen molar-refractivity contribution in [2.75, 3.05) is 5.73 Å². The average Bonchev–Trinajstić information content (AvgIpc) is 2.67. The van der Waals surface area contributed by atoms with Gasteiger partial charge in [-0.25, -0.2) is 4.98 Å². The van der Waals surface area contributed by atoms with Gasteiger partial charge in [0.1, 0.15) is 5.82 Å². The van der Waals surface area contributed by atoms with Crippen molar-refractivity contribution in [2.45, 2.75) is 19.3 Å². The Labute approximate surface area is 95.1 Å². The molecule has 0 fully saturated rings. The molecule has 0 spiro atoms. The van der Waals surface area contributed by atoms with Gasteiger partial charge < -0.3 is 10.3 Å². The van der Waals surface area contributed by atoms with Crippen LogP contribution in [0.15, 0.2) is 30.9 Å². The molecule has 0 aliphatic rings. The maximum Gasteiger partial charge on any atom is 0.108 e. The van der Waals surface area contributed by atoms with Crippen LogP contribution in [0, 0.1) is 0 Å². The zero-order valence-electron chi connectivity index (χ0n) is 9.43. The molecular formula is C12H16N4. The third kappa shape index (κ3) is 2.39. The van der Waals surface area contributed by atoms with Gasteiger partial charge in [-0.05, 0) is 24.5 Å². The maximum atomic E-state index is 5.85. The summed E-state index contributed by atoms with van der Waals surface area (Å²) in [6.07, 6.45) is 10.3. The van der Waals surface area contributed by atoms with E-state index in [1.807, 2.05) is 36.3 Å². The van der Waals surface area contributed by atoms with Gasteiger partial charge in [0, 0.05) is 43.9 Å². The Bertz CT molecular complexity index is 462. The van der Waals surface area contributed by atoms with Crippen LogP contribution in [0.1, 0.15) is 17.8 Å². The van der Waals surface area contributed by atoms with E-state index in [0.29, 0.717) is 0 Å². The highest BCUT2D eigenvalue weighted by atomic mass is 15.0. The van der Waals surface area contributed by atoms with Gasteiger partial charge in [-0.1, -0.05) is 0 Å². The molecule has 2 heterocycles. The van der Waals surface area contributed by atoms with E-state index in [1.165, 1.54) is 0 Å². The van der Waals surface area contributed by atoms with Crippen molar-refractivity contribution in [1.29, 1.82) is 0 Å². The summed E-state index contributed by atoms with van der Waals surface area (Å²) in [5, 5.41) is 0. The first-order chi connectivity index (χ1) is 7.77. The number of pyridine rings is 1. The van der Waals surface area contributed by atoms with Gasteiger partial charge in [0.05, 0.1) is 0 Å². The maximum absolute atomic E-state index is 5.85. The summed E-state index contributed by atoms with van der Waals surface area (Å²) >= 11 is 0. The van der Waals surface area contributed by atoms with Crippen LogP contribution in [0.25, 0.3) is 0 Å². The summed E-state index contributed by atoms with van der Waals surface area (Å²) in [7, 11) is 2.01. The van der Waals surface area contributed by atoms with E-state index in [2.05, 4.69) is 9.97 Å². The van der Waals surface area contributed by atoms with Gasteiger partial charge in [-0.3, -0.25) is 4.98 Å². The number of nitrogens with two attached hydrogens (primary N) is 1. The summed E-state index contributed by atoms with van der Waals surface area (Å²) in [5.41, 5.74) is 7.80. The first-order valence-corrected chi connectivity index (χ1v) is 5.42. The van der Waals surface area contributed by atoms with Crippen LogP contribution in [0.3, 0.4) is 0 Å². The van der Waals surface area contributed by atoms with Crippen molar-refractivity contribution in [2.24, 2.45) is 7.05 Å². The molecule has 2 aromatic heterocycles. The zero-order chi connectivity index (χ0) is 11.4. The van der Waals surface area contributed by atoms with Crippen LogP contribution in [0.5, 0.6) is 0 Å². The van der Waals surface area contributed by atoms with E-state index < -0.39 is 0 Å². The van der Waals surface area contributed by atoms with Crippen LogP contribution >= 0.6 is 0 Å². The molecule has 0 bridgehead atoms. The van der Waals surface area contributed by atoms with Gasteiger partial charge in [0.15, 0.2) is 0 Å². The highest BCUT2D eigenvalue weighted by Crippen LogP contribution is 2.12. The summed E-state index contributed by atoms with van der Waals surface area (Å²) in [6.45, 7) is 0. The summed E-state index contributed by atoms with van der Waals surface area (Å²) in [6, 6.07) is 1.84. The normalized spacial score (nSPS) is 10.6. The molecule has 0 saturated heterocycles. The minimum atomic E-state index is 0.829. The van der Waals surface area contributed by atoms with E-state index in [-0.39, 0.29) is 0 Å². The number of aromatic nitrogens is 3. The lowest BCUT2D eigenvalue weighted by Gasteiger charge is -2.04. The van der Waals surface area contributed by atoms with Gasteiger partial charge in [-0.15, -0.1) is 0 Å². The molecule has 0 amide bonds. The van der Waals surface area contributed by atoms with Crippen molar-refractivity contribution in [3.05, 3.63) is 42.2 Å². The highest BCUT2D eigenvalue weighted by Gasteiger charge is 2.01. The Morgan fingerprint density at radius 3 is 2.88 bits per heavy atom. The molecule has 4 heteroatoms. The van der Waals surface area contributed by atoms with E-state index in [4.69, 9.17) is 5.73 Å². The standard InChI is InChI=1S/C12H16N4/c1-16-8-7-15-12(16)4-2-3-10-9-14-6-5-11(10)13/h5-9H,2-4H2,1H3,(H2,13,14). The van der Waals surface area contributed by atoms with Crippen molar-refractivity contribution < 1.29 is 0 Å². The van der Waals surface area contributed by atoms with Gasteiger partial charge in [0.25, 0.3) is 0 Å². The van der Waals surface area contributed by atoms with E-state index in [0.717, 1.165) is 36.3 Å². The number of imidazole rings is 1. The fourth-order valence-electron chi connectivity index (χ4n) is 1.72. The average molecular weight is 216 g/mol. The van der Waals surface area contributed by atoms with Crippen LogP contribution in [-0.2, 0) is 19.9 Å². The molecule has 84 valence electrons. The monoisotopic (exact) mass is 216 g/mol. The van der Waals surface area contributed by atoms with Crippen LogP contribution in [-0.4, -0.2) is 14.5 Å². The first-order valence-electron chi connectivity index (χ1n) is 5.42. The predicted octanol–water partition coefficient (Wildman–Crippen LogP) is 1.57. The Hall–Kier alpha value is -1.84. The molecule has 0 aromatic carbocycles. The smallest absolute Gasteiger partial charge is 0.108 e. The molecule has 0 unspecified atom stereocenters. The Morgan fingerprint density at radius 1 is 1.31 bits per heavy atom. The number of nitrogen functional groups attached to an aromatic ring is 1. The lowest BCUT2D eigenvalue weighted by Crippen LogP contribution is -2.00. The van der Waals surface area contributed by atoms with Crippen molar-refractivity contribution >= 4 is 5.69 Å². The van der Waals surface area contributed by atoms with Crippen LogP contribution < -0.4 is 5.73 Å². The second-order valence-corrected chi connectivity index (χ2v) is 3.88. The van der Waals surface area contributed by atoms with E-state index in [1.54, 1.807) is 6.20 Å². The number of nitrogens with zero attached hydrogens (tertiary/aromatic N) is 3. The molecule has 0 aliphatic carbocycles. The summed E-state index contributed by atoms with van der Waals surface area (Å²) in [5.74, 6) is 1.11. The first kappa shape index (κ1) is 10.7. The third-order valence-electron chi connectivity index (χ3n) is 2.71. The number of hydrogen-bond acceptors (Lipinski definition) is 3. The number of anilines is 1. The van der Waals surface area contributed by atoms with Crippen molar-refractivity contribution in [1.82, 2.24) is 14.5 Å². The van der Waals surface area contributed by atoms with Crippen LogP contribution in [0.2, 0.25) is 0 Å². The largest absolute Gasteiger partial charge is 0.398 e. The van der Waals surface area contributed by atoms with E-state index >= 15 is 0 Å². The summed E-state index contributed by atoms with van der Waals surface area (Å²) in [4.78, 5) is 8.36. The Kier molecular flexibility index (Phi) is 3.19. The van der Waals surface area contributed by atoms with Gasteiger partial charge in [-0.2, -0.15) is 0 Å². The highest BCUT2D eigenvalue weighted by molar-refractivity contribution is 5.44. The molecule has 4 nitrogen and oxygen atoms in total. The van der Waals surface area contributed by atoms with Gasteiger partial charge >= 0.3 is 0 Å². The predicted molar refractivity (Wildman–Crippen MR) is 63.9 cm³/mol. The molecule has 0 aliphatic heterocycles. The van der Waals surface area contributed by atoms with Crippen molar-refractivity contribution in [3.8, 4) is 0 Å². The van der Waals surface area contributed by atoms with E-state index in [9.17, 15) is 0 Å².